The highest BCUT2D eigenvalue weighted by Gasteiger charge is 2.40. The van der Waals surface area contributed by atoms with Crippen LogP contribution in [-0.4, -0.2) is 84.9 Å². The third-order valence-corrected chi connectivity index (χ3v) is 10.1. The van der Waals surface area contributed by atoms with Crippen LogP contribution in [0.4, 0.5) is 5.82 Å². The maximum absolute atomic E-state index is 14.3. The topological polar surface area (TPSA) is 143 Å². The largest absolute Gasteiger partial charge is 0.457 e. The summed E-state index contributed by atoms with van der Waals surface area (Å²) in [6.07, 6.45) is 6.10. The highest BCUT2D eigenvalue weighted by Crippen LogP contribution is 2.32. The Balaban J connectivity index is 1.14. The van der Waals surface area contributed by atoms with Crippen LogP contribution in [0.1, 0.15) is 45.6 Å². The van der Waals surface area contributed by atoms with E-state index in [1.165, 1.54) is 0 Å². The Morgan fingerprint density at radius 3 is 2.49 bits per heavy atom. The van der Waals surface area contributed by atoms with Crippen molar-refractivity contribution in [2.75, 3.05) is 38.5 Å². The maximum Gasteiger partial charge on any atom is 0.334 e. The van der Waals surface area contributed by atoms with Crippen LogP contribution in [0.5, 0.6) is 11.5 Å². The van der Waals surface area contributed by atoms with E-state index in [0.29, 0.717) is 73.7 Å². The number of benzene rings is 2. The first-order chi connectivity index (χ1) is 23.6. The number of hydrogen-bond acceptors (Lipinski definition) is 8. The third kappa shape index (κ3) is 6.06. The quantitative estimate of drug-likeness (QED) is 0.229. The van der Waals surface area contributed by atoms with Crippen LogP contribution in [0.15, 0.2) is 83.3 Å². The summed E-state index contributed by atoms with van der Waals surface area (Å²) in [6, 6.07) is 20.4. The second-order valence-electron chi connectivity index (χ2n) is 13.6. The van der Waals surface area contributed by atoms with Gasteiger partial charge in [-0.2, -0.15) is 5.26 Å². The minimum Gasteiger partial charge on any atom is -0.457 e. The molecule has 4 aromatic rings. The van der Waals surface area contributed by atoms with Crippen molar-refractivity contribution in [2.24, 2.45) is 0 Å². The second kappa shape index (κ2) is 12.9. The molecule has 0 bridgehead atoms. The summed E-state index contributed by atoms with van der Waals surface area (Å²) < 4.78 is 9.22. The van der Waals surface area contributed by atoms with Gasteiger partial charge < -0.3 is 20.3 Å². The molecule has 3 saturated heterocycles. The van der Waals surface area contributed by atoms with Crippen molar-refractivity contribution in [2.45, 2.75) is 57.2 Å². The lowest BCUT2D eigenvalue weighted by atomic mass is 9.95. The number of nitriles is 1. The molecule has 5 heterocycles. The molecule has 3 aliphatic heterocycles. The van der Waals surface area contributed by atoms with E-state index >= 15 is 0 Å². The number of piperazine rings is 1. The van der Waals surface area contributed by atoms with Crippen LogP contribution in [0.25, 0.3) is 16.7 Å². The summed E-state index contributed by atoms with van der Waals surface area (Å²) in [4.78, 5) is 50.6. The van der Waals surface area contributed by atoms with Crippen molar-refractivity contribution < 1.29 is 14.3 Å². The summed E-state index contributed by atoms with van der Waals surface area (Å²) >= 11 is 0. The SMILES string of the molecule is CC(C)(C=C(C#N)C(=O)N1CCC[C@@H](n2c(=O)n(-c3ccc(Oc4ccccc4)cc3)c3c(N)nccc32)C1)N1CCN2C(=O)CC[C@@H]2C1. The smallest absolute Gasteiger partial charge is 0.334 e. The number of anilines is 1. The number of imidazole rings is 1. The second-order valence-corrected chi connectivity index (χ2v) is 13.6. The van der Waals surface area contributed by atoms with Gasteiger partial charge in [-0.1, -0.05) is 18.2 Å². The lowest BCUT2D eigenvalue weighted by Crippen LogP contribution is -2.57. The van der Waals surface area contributed by atoms with E-state index in [-0.39, 0.29) is 47.5 Å². The first kappa shape index (κ1) is 32.2. The van der Waals surface area contributed by atoms with E-state index < -0.39 is 5.54 Å². The van der Waals surface area contributed by atoms with E-state index in [0.717, 1.165) is 6.42 Å². The number of pyridine rings is 1. The standard InChI is InChI=1S/C37H40N8O4/c1-37(2,42-19-20-43-27(24-42)12-15-32(43)46)21-25(22-38)35(47)41-18-6-7-28(23-41)44-31-16-17-40-34(39)33(31)45(36(44)48)26-10-13-30(14-11-26)49-29-8-4-3-5-9-29/h3-5,8-11,13-14,16-17,21,27-28H,6-7,12,15,18-20,23-24H2,1-2H3,(H2,39,40)/t27-,28-/m1/s1. The fourth-order valence-corrected chi connectivity index (χ4v) is 7.56. The van der Waals surface area contributed by atoms with E-state index in [1.54, 1.807) is 44.5 Å². The Morgan fingerprint density at radius 1 is 0.980 bits per heavy atom. The molecule has 0 spiro atoms. The van der Waals surface area contributed by atoms with Crippen molar-refractivity contribution in [3.63, 3.8) is 0 Å². The Hall–Kier alpha value is -5.41. The van der Waals surface area contributed by atoms with Crippen LogP contribution < -0.4 is 16.2 Å². The number of para-hydroxylation sites is 1. The molecule has 49 heavy (non-hydrogen) atoms. The first-order valence-electron chi connectivity index (χ1n) is 16.8. The van der Waals surface area contributed by atoms with Crippen molar-refractivity contribution in [3.05, 3.63) is 89.0 Å². The molecule has 12 heteroatoms. The Bertz CT molecular complexity index is 2030. The average molecular weight is 661 g/mol. The van der Waals surface area contributed by atoms with E-state index in [4.69, 9.17) is 10.5 Å². The number of piperidine rings is 1. The van der Waals surface area contributed by atoms with Crippen LogP contribution in [-0.2, 0) is 9.59 Å². The number of likely N-dealkylation sites (tertiary alicyclic amines) is 1. The van der Waals surface area contributed by atoms with Gasteiger partial charge >= 0.3 is 5.69 Å². The van der Waals surface area contributed by atoms with Crippen LogP contribution >= 0.6 is 0 Å². The number of carbonyl (C=O) groups is 2. The van der Waals surface area contributed by atoms with Crippen LogP contribution in [0.3, 0.4) is 0 Å². The number of hydrogen-bond donors (Lipinski definition) is 1. The lowest BCUT2D eigenvalue weighted by molar-refractivity contribution is -0.131. The zero-order chi connectivity index (χ0) is 34.3. The van der Waals surface area contributed by atoms with Crippen molar-refractivity contribution in [3.8, 4) is 23.3 Å². The van der Waals surface area contributed by atoms with E-state index in [1.807, 2.05) is 61.2 Å². The van der Waals surface area contributed by atoms with Gasteiger partial charge in [0, 0.05) is 56.9 Å². The number of carbonyl (C=O) groups excluding carboxylic acids is 2. The fraction of sp³-hybridized carbons (Fsp3) is 0.378. The van der Waals surface area contributed by atoms with Gasteiger partial charge in [-0.15, -0.1) is 0 Å². The van der Waals surface area contributed by atoms with Crippen molar-refractivity contribution >= 4 is 28.7 Å². The Labute approximate surface area is 284 Å². The summed E-state index contributed by atoms with van der Waals surface area (Å²) in [5, 5.41) is 10.2. The molecule has 252 valence electrons. The molecule has 12 nitrogen and oxygen atoms in total. The predicted molar refractivity (Wildman–Crippen MR) is 185 cm³/mol. The molecule has 3 aliphatic rings. The lowest BCUT2D eigenvalue weighted by Gasteiger charge is -2.45. The molecular weight excluding hydrogens is 620 g/mol. The van der Waals surface area contributed by atoms with Crippen LogP contribution in [0.2, 0.25) is 0 Å². The number of aromatic nitrogens is 3. The molecule has 7 rings (SSSR count). The Morgan fingerprint density at radius 2 is 1.73 bits per heavy atom. The van der Waals surface area contributed by atoms with Crippen molar-refractivity contribution in [1.82, 2.24) is 28.8 Å². The fourth-order valence-electron chi connectivity index (χ4n) is 7.56. The number of ether oxygens (including phenoxy) is 1. The molecule has 0 aliphatic carbocycles. The minimum absolute atomic E-state index is 0.0802. The minimum atomic E-state index is -0.565. The van der Waals surface area contributed by atoms with Gasteiger partial charge in [0.05, 0.1) is 17.2 Å². The number of nitrogen functional groups attached to an aromatic ring is 1. The van der Waals surface area contributed by atoms with E-state index in [2.05, 4.69) is 16.0 Å². The maximum atomic E-state index is 14.3. The number of amides is 2. The average Bonchev–Trinajstić information content (AvgIpc) is 3.64. The van der Waals surface area contributed by atoms with Gasteiger partial charge in [-0.05, 0) is 81.7 Å². The molecule has 2 N–H and O–H groups in total. The van der Waals surface area contributed by atoms with Gasteiger partial charge in [-0.3, -0.25) is 23.6 Å². The zero-order valence-electron chi connectivity index (χ0n) is 27.8. The summed E-state index contributed by atoms with van der Waals surface area (Å²) in [6.45, 7) is 6.81. The molecule has 0 unspecified atom stereocenters. The highest BCUT2D eigenvalue weighted by molar-refractivity contribution is 5.97. The molecule has 2 aromatic carbocycles. The molecule has 2 atom stereocenters. The normalized spacial score (nSPS) is 20.3. The zero-order valence-corrected chi connectivity index (χ0v) is 27.8. The molecule has 0 saturated carbocycles. The molecule has 2 aromatic heterocycles. The first-order valence-corrected chi connectivity index (χ1v) is 16.8. The predicted octanol–water partition coefficient (Wildman–Crippen LogP) is 4.26. The van der Waals surface area contributed by atoms with Crippen LogP contribution in [0, 0.1) is 11.3 Å². The van der Waals surface area contributed by atoms with Gasteiger partial charge in [0.25, 0.3) is 5.91 Å². The monoisotopic (exact) mass is 660 g/mol. The summed E-state index contributed by atoms with van der Waals surface area (Å²) in [5.74, 6) is 1.41. The molecule has 3 fully saturated rings. The van der Waals surface area contributed by atoms with Crippen molar-refractivity contribution in [1.29, 1.82) is 5.26 Å². The number of nitrogens with zero attached hydrogens (tertiary/aromatic N) is 7. The number of fused-ring (bicyclic) bond motifs is 2. The Kier molecular flexibility index (Phi) is 8.46. The van der Waals surface area contributed by atoms with Gasteiger partial charge in [0.2, 0.25) is 5.91 Å². The summed E-state index contributed by atoms with van der Waals surface area (Å²) in [5.41, 5.74) is 7.35. The van der Waals surface area contributed by atoms with Gasteiger partial charge in [0.1, 0.15) is 34.5 Å². The van der Waals surface area contributed by atoms with E-state index in [9.17, 15) is 19.6 Å². The highest BCUT2D eigenvalue weighted by atomic mass is 16.5. The molecular formula is C37H40N8O4. The van der Waals surface area contributed by atoms with Gasteiger partial charge in [0.15, 0.2) is 0 Å². The summed E-state index contributed by atoms with van der Waals surface area (Å²) in [7, 11) is 0. The number of nitrogens with two attached hydrogens (primary N) is 1. The van der Waals surface area contributed by atoms with Gasteiger partial charge in [-0.25, -0.2) is 9.78 Å². The number of rotatable bonds is 7. The molecule has 0 radical (unpaired) electrons. The third-order valence-electron chi connectivity index (χ3n) is 10.1. The molecule has 2 amide bonds.